The van der Waals surface area contributed by atoms with Gasteiger partial charge in [-0.1, -0.05) is 0 Å². The van der Waals surface area contributed by atoms with Crippen LogP contribution in [0.25, 0.3) is 5.69 Å². The molecule has 0 saturated carbocycles. The SMILES string of the molecule is CN(CCO)c1ccc(NC(=O)c2ccc(-n3cncn3)cc2)cc1. The molecule has 1 heterocycles. The maximum absolute atomic E-state index is 12.3. The first-order valence-electron chi connectivity index (χ1n) is 7.86. The zero-order valence-corrected chi connectivity index (χ0v) is 13.8. The van der Waals surface area contributed by atoms with Crippen molar-refractivity contribution in [3.05, 3.63) is 66.7 Å². The fourth-order valence-electron chi connectivity index (χ4n) is 2.39. The quantitative estimate of drug-likeness (QED) is 0.718. The minimum atomic E-state index is -0.179. The van der Waals surface area contributed by atoms with Gasteiger partial charge >= 0.3 is 0 Å². The standard InChI is InChI=1S/C18H19N5O2/c1-22(10-11-24)16-8-4-15(5-9-16)21-18(25)14-2-6-17(7-3-14)23-13-19-12-20-23/h2-9,12-13,24H,10-11H2,1H3,(H,21,25). The first-order valence-corrected chi connectivity index (χ1v) is 7.86. The number of carbonyl (C=O) groups is 1. The number of rotatable bonds is 6. The van der Waals surface area contributed by atoms with Gasteiger partial charge < -0.3 is 15.3 Å². The van der Waals surface area contributed by atoms with E-state index in [-0.39, 0.29) is 12.5 Å². The summed E-state index contributed by atoms with van der Waals surface area (Å²) >= 11 is 0. The molecule has 0 aliphatic rings. The minimum Gasteiger partial charge on any atom is -0.395 e. The van der Waals surface area contributed by atoms with E-state index in [1.807, 2.05) is 48.3 Å². The molecule has 0 bridgehead atoms. The van der Waals surface area contributed by atoms with E-state index in [2.05, 4.69) is 15.4 Å². The average molecular weight is 337 g/mol. The van der Waals surface area contributed by atoms with Crippen molar-refractivity contribution in [3.8, 4) is 5.69 Å². The van der Waals surface area contributed by atoms with E-state index in [1.54, 1.807) is 23.1 Å². The lowest BCUT2D eigenvalue weighted by Crippen LogP contribution is -2.21. The van der Waals surface area contributed by atoms with E-state index in [4.69, 9.17) is 5.11 Å². The van der Waals surface area contributed by atoms with Gasteiger partial charge in [0.1, 0.15) is 12.7 Å². The normalized spacial score (nSPS) is 10.5. The molecular formula is C18H19N5O2. The van der Waals surface area contributed by atoms with Crippen molar-refractivity contribution in [1.82, 2.24) is 14.8 Å². The van der Waals surface area contributed by atoms with E-state index in [1.165, 1.54) is 6.33 Å². The maximum atomic E-state index is 12.3. The van der Waals surface area contributed by atoms with Crippen molar-refractivity contribution in [1.29, 1.82) is 0 Å². The molecule has 0 unspecified atom stereocenters. The lowest BCUT2D eigenvalue weighted by atomic mass is 10.2. The number of aliphatic hydroxyl groups is 1. The largest absolute Gasteiger partial charge is 0.395 e. The van der Waals surface area contributed by atoms with Gasteiger partial charge in [-0.2, -0.15) is 5.10 Å². The van der Waals surface area contributed by atoms with Crippen LogP contribution in [0, 0.1) is 0 Å². The molecule has 0 spiro atoms. The minimum absolute atomic E-state index is 0.0968. The van der Waals surface area contributed by atoms with Crippen LogP contribution in [-0.2, 0) is 0 Å². The number of amides is 1. The second kappa shape index (κ2) is 7.59. The van der Waals surface area contributed by atoms with Crippen molar-refractivity contribution in [2.24, 2.45) is 0 Å². The summed E-state index contributed by atoms with van der Waals surface area (Å²) in [5.74, 6) is -0.179. The molecule has 3 aromatic rings. The molecule has 1 aromatic heterocycles. The Kier molecular flexibility index (Phi) is 5.06. The Hall–Kier alpha value is -3.19. The van der Waals surface area contributed by atoms with Gasteiger partial charge in [0.25, 0.3) is 5.91 Å². The third kappa shape index (κ3) is 4.02. The van der Waals surface area contributed by atoms with Crippen LogP contribution in [0.2, 0.25) is 0 Å². The van der Waals surface area contributed by atoms with Crippen LogP contribution in [0.3, 0.4) is 0 Å². The fourth-order valence-corrected chi connectivity index (χ4v) is 2.39. The van der Waals surface area contributed by atoms with Gasteiger partial charge in [-0.25, -0.2) is 9.67 Å². The fraction of sp³-hybridized carbons (Fsp3) is 0.167. The maximum Gasteiger partial charge on any atom is 0.255 e. The van der Waals surface area contributed by atoms with Gasteiger partial charge in [-0.3, -0.25) is 4.79 Å². The summed E-state index contributed by atoms with van der Waals surface area (Å²) in [6.45, 7) is 0.656. The number of hydrogen-bond donors (Lipinski definition) is 2. The molecular weight excluding hydrogens is 318 g/mol. The van der Waals surface area contributed by atoms with Crippen molar-refractivity contribution in [3.63, 3.8) is 0 Å². The average Bonchev–Trinajstić information content (AvgIpc) is 3.17. The third-order valence-corrected chi connectivity index (χ3v) is 3.81. The number of anilines is 2. The second-order valence-electron chi connectivity index (χ2n) is 5.53. The predicted molar refractivity (Wildman–Crippen MR) is 96.1 cm³/mol. The van der Waals surface area contributed by atoms with E-state index in [0.717, 1.165) is 11.4 Å². The van der Waals surface area contributed by atoms with Crippen molar-refractivity contribution < 1.29 is 9.90 Å². The number of nitrogens with one attached hydrogen (secondary N) is 1. The van der Waals surface area contributed by atoms with Gasteiger partial charge in [0, 0.05) is 30.5 Å². The Morgan fingerprint density at radius 3 is 2.48 bits per heavy atom. The molecule has 0 radical (unpaired) electrons. The Morgan fingerprint density at radius 1 is 1.16 bits per heavy atom. The van der Waals surface area contributed by atoms with Crippen LogP contribution in [0.4, 0.5) is 11.4 Å². The van der Waals surface area contributed by atoms with E-state index < -0.39 is 0 Å². The smallest absolute Gasteiger partial charge is 0.255 e. The molecule has 3 rings (SSSR count). The van der Waals surface area contributed by atoms with Gasteiger partial charge in [-0.05, 0) is 48.5 Å². The summed E-state index contributed by atoms with van der Waals surface area (Å²) in [6, 6.07) is 14.6. The molecule has 1 amide bonds. The number of aromatic nitrogens is 3. The lowest BCUT2D eigenvalue weighted by molar-refractivity contribution is 0.102. The van der Waals surface area contributed by atoms with Crippen molar-refractivity contribution in [2.75, 3.05) is 30.4 Å². The van der Waals surface area contributed by atoms with Crippen molar-refractivity contribution >= 4 is 17.3 Å². The molecule has 2 N–H and O–H groups in total. The molecule has 2 aromatic carbocycles. The number of aliphatic hydroxyl groups excluding tert-OH is 1. The van der Waals surface area contributed by atoms with Crippen LogP contribution in [0.1, 0.15) is 10.4 Å². The number of hydrogen-bond acceptors (Lipinski definition) is 5. The summed E-state index contributed by atoms with van der Waals surface area (Å²) in [6.07, 6.45) is 3.06. The number of benzene rings is 2. The van der Waals surface area contributed by atoms with Crippen LogP contribution in [0.15, 0.2) is 61.2 Å². The first-order chi connectivity index (χ1) is 12.2. The Morgan fingerprint density at radius 2 is 1.88 bits per heavy atom. The number of likely N-dealkylation sites (N-methyl/N-ethyl adjacent to an activating group) is 1. The zero-order valence-electron chi connectivity index (χ0n) is 13.8. The highest BCUT2D eigenvalue weighted by molar-refractivity contribution is 6.04. The first kappa shape index (κ1) is 16.7. The van der Waals surface area contributed by atoms with Gasteiger partial charge in [0.05, 0.1) is 12.3 Å². The lowest BCUT2D eigenvalue weighted by Gasteiger charge is -2.18. The number of nitrogens with zero attached hydrogens (tertiary/aromatic N) is 4. The van der Waals surface area contributed by atoms with Gasteiger partial charge in [-0.15, -0.1) is 0 Å². The highest BCUT2D eigenvalue weighted by Gasteiger charge is 2.07. The van der Waals surface area contributed by atoms with E-state index in [9.17, 15) is 4.79 Å². The summed E-state index contributed by atoms with van der Waals surface area (Å²) in [4.78, 5) is 18.2. The van der Waals surface area contributed by atoms with Crippen LogP contribution in [-0.4, -0.2) is 46.0 Å². The van der Waals surface area contributed by atoms with Crippen LogP contribution in [0.5, 0.6) is 0 Å². The molecule has 128 valence electrons. The van der Waals surface area contributed by atoms with Crippen molar-refractivity contribution in [2.45, 2.75) is 0 Å². The summed E-state index contributed by atoms with van der Waals surface area (Å²) in [7, 11) is 1.90. The Labute approximate surface area is 145 Å². The Bertz CT molecular complexity index is 814. The topological polar surface area (TPSA) is 83.3 Å². The van der Waals surface area contributed by atoms with Gasteiger partial charge in [0.2, 0.25) is 0 Å². The monoisotopic (exact) mass is 337 g/mol. The predicted octanol–water partition coefficient (Wildman–Crippen LogP) is 1.95. The summed E-state index contributed by atoms with van der Waals surface area (Å²) < 4.78 is 1.63. The van der Waals surface area contributed by atoms with E-state index in [0.29, 0.717) is 17.8 Å². The zero-order chi connectivity index (χ0) is 17.6. The van der Waals surface area contributed by atoms with E-state index >= 15 is 0 Å². The molecule has 25 heavy (non-hydrogen) atoms. The van der Waals surface area contributed by atoms with Gasteiger partial charge in [0.15, 0.2) is 0 Å². The summed E-state index contributed by atoms with van der Waals surface area (Å²) in [5.41, 5.74) is 3.09. The molecule has 0 aliphatic carbocycles. The highest BCUT2D eigenvalue weighted by atomic mass is 16.3. The molecule has 0 atom stereocenters. The second-order valence-corrected chi connectivity index (χ2v) is 5.53. The van der Waals surface area contributed by atoms with Crippen LogP contribution < -0.4 is 10.2 Å². The summed E-state index contributed by atoms with van der Waals surface area (Å²) in [5, 5.41) is 15.9. The molecule has 0 saturated heterocycles. The molecule has 7 nitrogen and oxygen atoms in total. The molecule has 0 aliphatic heterocycles. The highest BCUT2D eigenvalue weighted by Crippen LogP contribution is 2.17. The Balaban J connectivity index is 1.65. The third-order valence-electron chi connectivity index (χ3n) is 3.81. The molecule has 7 heteroatoms. The molecule has 0 fully saturated rings. The number of carbonyl (C=O) groups excluding carboxylic acids is 1. The van der Waals surface area contributed by atoms with Crippen LogP contribution >= 0.6 is 0 Å².